The number of fused-ring (bicyclic) bond motifs is 1. The third kappa shape index (κ3) is 2.85. The molecule has 2 atom stereocenters. The number of nitrogen functional groups attached to an aromatic ring is 1. The van der Waals surface area contributed by atoms with Crippen molar-refractivity contribution in [1.29, 1.82) is 0 Å². The number of anilines is 1. The lowest BCUT2D eigenvalue weighted by Crippen LogP contribution is -2.35. The molecule has 1 saturated heterocycles. The van der Waals surface area contributed by atoms with E-state index in [1.165, 1.54) is 6.33 Å². The molecule has 0 radical (unpaired) electrons. The van der Waals surface area contributed by atoms with Crippen molar-refractivity contribution in [1.82, 2.24) is 9.97 Å². The van der Waals surface area contributed by atoms with Crippen molar-refractivity contribution < 1.29 is 9.47 Å². The fraction of sp³-hybridized carbons (Fsp3) is 0.467. The maximum Gasteiger partial charge on any atom is 0.258 e. The van der Waals surface area contributed by atoms with Crippen molar-refractivity contribution >= 4 is 16.6 Å². The molecular formula is C15H19N3O3. The lowest BCUT2D eigenvalue weighted by atomic mass is 10.0. The average molecular weight is 289 g/mol. The number of nitrogens with two attached hydrogens (primary N) is 1. The summed E-state index contributed by atoms with van der Waals surface area (Å²) in [5, 5.41) is 0.469. The molecule has 1 fully saturated rings. The van der Waals surface area contributed by atoms with Gasteiger partial charge in [-0.15, -0.1) is 0 Å². The van der Waals surface area contributed by atoms with Crippen molar-refractivity contribution in [3.05, 3.63) is 28.8 Å². The van der Waals surface area contributed by atoms with Crippen LogP contribution in [0, 0.1) is 0 Å². The molecule has 1 aliphatic rings. The summed E-state index contributed by atoms with van der Waals surface area (Å²) in [5.74, 6) is 0.576. The fourth-order valence-corrected chi connectivity index (χ4v) is 2.83. The SMILES string of the molecule is CC1CC(Oc2cc3nc[nH]c(=O)c3cc2N)CC(C)O1. The van der Waals surface area contributed by atoms with Gasteiger partial charge in [-0.05, 0) is 19.9 Å². The highest BCUT2D eigenvalue weighted by atomic mass is 16.5. The van der Waals surface area contributed by atoms with Gasteiger partial charge in [0.2, 0.25) is 0 Å². The summed E-state index contributed by atoms with van der Waals surface area (Å²) in [4.78, 5) is 18.4. The Labute approximate surface area is 122 Å². The minimum Gasteiger partial charge on any atom is -0.488 e. The third-order valence-electron chi connectivity index (χ3n) is 3.72. The van der Waals surface area contributed by atoms with E-state index in [1.54, 1.807) is 12.1 Å². The summed E-state index contributed by atoms with van der Waals surface area (Å²) < 4.78 is 11.7. The first-order valence-corrected chi connectivity index (χ1v) is 7.12. The van der Waals surface area contributed by atoms with Crippen molar-refractivity contribution in [3.63, 3.8) is 0 Å². The Morgan fingerprint density at radius 2 is 2.05 bits per heavy atom. The number of rotatable bonds is 2. The highest BCUT2D eigenvalue weighted by molar-refractivity contribution is 5.84. The van der Waals surface area contributed by atoms with E-state index < -0.39 is 0 Å². The van der Waals surface area contributed by atoms with Gasteiger partial charge in [0.25, 0.3) is 5.56 Å². The number of benzene rings is 1. The standard InChI is InChI=1S/C15H19N3O3/c1-8-3-10(4-9(2)20-8)21-14-6-13-11(5-12(14)16)15(19)18-7-17-13/h5-10H,3-4,16H2,1-2H3,(H,17,18,19). The van der Waals surface area contributed by atoms with Gasteiger partial charge >= 0.3 is 0 Å². The summed E-state index contributed by atoms with van der Waals surface area (Å²) >= 11 is 0. The number of hydrogen-bond donors (Lipinski definition) is 2. The van der Waals surface area contributed by atoms with Crippen LogP contribution in [0.5, 0.6) is 5.75 Å². The summed E-state index contributed by atoms with van der Waals surface area (Å²) in [6.07, 6.45) is 3.42. The highest BCUT2D eigenvalue weighted by Crippen LogP contribution is 2.30. The van der Waals surface area contributed by atoms with Gasteiger partial charge in [0.1, 0.15) is 11.9 Å². The monoisotopic (exact) mass is 289 g/mol. The van der Waals surface area contributed by atoms with E-state index in [2.05, 4.69) is 9.97 Å². The molecule has 0 saturated carbocycles. The normalized spacial score (nSPS) is 25.9. The largest absolute Gasteiger partial charge is 0.488 e. The van der Waals surface area contributed by atoms with Crippen LogP contribution in [0.3, 0.4) is 0 Å². The highest BCUT2D eigenvalue weighted by Gasteiger charge is 2.26. The zero-order chi connectivity index (χ0) is 15.0. The van der Waals surface area contributed by atoms with Gasteiger partial charge in [0, 0.05) is 18.9 Å². The van der Waals surface area contributed by atoms with Crippen LogP contribution < -0.4 is 16.0 Å². The topological polar surface area (TPSA) is 90.2 Å². The third-order valence-corrected chi connectivity index (χ3v) is 3.72. The van der Waals surface area contributed by atoms with Gasteiger partial charge < -0.3 is 20.2 Å². The molecule has 0 spiro atoms. The van der Waals surface area contributed by atoms with Crippen LogP contribution >= 0.6 is 0 Å². The maximum absolute atomic E-state index is 11.7. The second-order valence-electron chi connectivity index (χ2n) is 5.61. The molecular weight excluding hydrogens is 270 g/mol. The van der Waals surface area contributed by atoms with Crippen LogP contribution in [0.1, 0.15) is 26.7 Å². The zero-order valence-electron chi connectivity index (χ0n) is 12.1. The molecule has 2 heterocycles. The molecule has 3 rings (SSSR count). The van der Waals surface area contributed by atoms with E-state index >= 15 is 0 Å². The van der Waals surface area contributed by atoms with E-state index in [0.29, 0.717) is 22.3 Å². The smallest absolute Gasteiger partial charge is 0.258 e. The molecule has 3 N–H and O–H groups in total. The van der Waals surface area contributed by atoms with E-state index in [1.807, 2.05) is 13.8 Å². The Bertz CT molecular complexity index is 703. The molecule has 1 aromatic carbocycles. The van der Waals surface area contributed by atoms with E-state index in [4.69, 9.17) is 15.2 Å². The number of hydrogen-bond acceptors (Lipinski definition) is 5. The molecule has 1 aliphatic heterocycles. The Balaban J connectivity index is 1.90. The van der Waals surface area contributed by atoms with Crippen LogP contribution in [0.15, 0.2) is 23.3 Å². The quantitative estimate of drug-likeness (QED) is 0.823. The van der Waals surface area contributed by atoms with E-state index in [0.717, 1.165) is 12.8 Å². The van der Waals surface area contributed by atoms with Crippen LogP contribution in [-0.4, -0.2) is 28.3 Å². The van der Waals surface area contributed by atoms with Crippen LogP contribution in [0.2, 0.25) is 0 Å². The first-order chi connectivity index (χ1) is 10.0. The van der Waals surface area contributed by atoms with Gasteiger partial charge in [-0.3, -0.25) is 4.79 Å². The van der Waals surface area contributed by atoms with Crippen molar-refractivity contribution in [2.24, 2.45) is 0 Å². The van der Waals surface area contributed by atoms with Crippen LogP contribution in [0.4, 0.5) is 5.69 Å². The number of H-pyrrole nitrogens is 1. The Hall–Kier alpha value is -2.08. The van der Waals surface area contributed by atoms with Gasteiger partial charge in [0.05, 0.1) is 35.1 Å². The average Bonchev–Trinajstić information content (AvgIpc) is 2.40. The number of nitrogens with zero attached hydrogens (tertiary/aromatic N) is 1. The Morgan fingerprint density at radius 3 is 2.76 bits per heavy atom. The summed E-state index contributed by atoms with van der Waals surface area (Å²) in [6, 6.07) is 3.34. The predicted molar refractivity (Wildman–Crippen MR) is 80.4 cm³/mol. The predicted octanol–water partition coefficient (Wildman–Crippen LogP) is 1.84. The molecule has 2 aromatic rings. The molecule has 0 bridgehead atoms. The molecule has 6 nitrogen and oxygen atoms in total. The number of nitrogens with one attached hydrogen (secondary N) is 1. The van der Waals surface area contributed by atoms with E-state index in [-0.39, 0.29) is 23.9 Å². The lowest BCUT2D eigenvalue weighted by Gasteiger charge is -2.32. The van der Waals surface area contributed by atoms with Crippen LogP contribution in [-0.2, 0) is 4.74 Å². The molecule has 6 heteroatoms. The molecule has 1 aromatic heterocycles. The molecule has 21 heavy (non-hydrogen) atoms. The second-order valence-corrected chi connectivity index (χ2v) is 5.61. The Morgan fingerprint density at radius 1 is 1.33 bits per heavy atom. The Kier molecular flexibility index (Phi) is 3.55. The summed E-state index contributed by atoms with van der Waals surface area (Å²) in [7, 11) is 0. The van der Waals surface area contributed by atoms with Gasteiger partial charge in [-0.25, -0.2) is 4.98 Å². The van der Waals surface area contributed by atoms with Crippen LogP contribution in [0.25, 0.3) is 10.9 Å². The molecule has 0 aliphatic carbocycles. The van der Waals surface area contributed by atoms with Crippen molar-refractivity contribution in [2.45, 2.75) is 45.0 Å². The summed E-state index contributed by atoms with van der Waals surface area (Å²) in [6.45, 7) is 4.08. The van der Waals surface area contributed by atoms with E-state index in [9.17, 15) is 4.79 Å². The maximum atomic E-state index is 11.7. The number of aromatic nitrogens is 2. The van der Waals surface area contributed by atoms with Gasteiger partial charge in [-0.2, -0.15) is 0 Å². The molecule has 112 valence electrons. The van der Waals surface area contributed by atoms with Gasteiger partial charge in [0.15, 0.2) is 0 Å². The minimum absolute atomic E-state index is 0.0606. The van der Waals surface area contributed by atoms with Crippen molar-refractivity contribution in [3.8, 4) is 5.75 Å². The first-order valence-electron chi connectivity index (χ1n) is 7.12. The second kappa shape index (κ2) is 5.37. The number of aromatic amines is 1. The fourth-order valence-electron chi connectivity index (χ4n) is 2.83. The zero-order valence-corrected chi connectivity index (χ0v) is 12.1. The minimum atomic E-state index is -0.202. The lowest BCUT2D eigenvalue weighted by molar-refractivity contribution is -0.0719. The molecule has 2 unspecified atom stereocenters. The first kappa shape index (κ1) is 13.9. The van der Waals surface area contributed by atoms with Crippen molar-refractivity contribution in [2.75, 3.05) is 5.73 Å². The number of ether oxygens (including phenoxy) is 2. The summed E-state index contributed by atoms with van der Waals surface area (Å²) in [5.41, 5.74) is 6.83. The van der Waals surface area contributed by atoms with Gasteiger partial charge in [-0.1, -0.05) is 0 Å². The molecule has 0 amide bonds.